The molecule has 0 unspecified atom stereocenters. The highest BCUT2D eigenvalue weighted by Crippen LogP contribution is 2.23. The maximum Gasteiger partial charge on any atom is 0.414 e. The Labute approximate surface area is 135 Å². The Morgan fingerprint density at radius 3 is 2.61 bits per heavy atom. The molecule has 4 amide bonds. The summed E-state index contributed by atoms with van der Waals surface area (Å²) in [6, 6.07) is 1.42. The Balaban J connectivity index is 2.69. The van der Waals surface area contributed by atoms with Crippen molar-refractivity contribution < 1.29 is 23.9 Å². The van der Waals surface area contributed by atoms with Crippen LogP contribution < -0.4 is 16.4 Å². The summed E-state index contributed by atoms with van der Waals surface area (Å²) in [5.41, 5.74) is 4.68. The van der Waals surface area contributed by atoms with E-state index < -0.39 is 23.8 Å². The van der Waals surface area contributed by atoms with Crippen LogP contribution in [0.5, 0.6) is 0 Å². The summed E-state index contributed by atoms with van der Waals surface area (Å²) in [6.45, 7) is 1.71. The predicted molar refractivity (Wildman–Crippen MR) is 83.6 cm³/mol. The van der Waals surface area contributed by atoms with Crippen molar-refractivity contribution in [2.75, 3.05) is 11.9 Å². The van der Waals surface area contributed by atoms with Gasteiger partial charge in [0.25, 0.3) is 11.8 Å². The van der Waals surface area contributed by atoms with Gasteiger partial charge < -0.3 is 15.8 Å². The Morgan fingerprint density at radius 2 is 2.00 bits per heavy atom. The molecule has 1 aromatic heterocycles. The van der Waals surface area contributed by atoms with E-state index in [9.17, 15) is 19.2 Å². The number of ether oxygens (including phenoxy) is 1. The van der Waals surface area contributed by atoms with E-state index in [0.29, 0.717) is 0 Å². The van der Waals surface area contributed by atoms with Gasteiger partial charge >= 0.3 is 6.09 Å². The first kappa shape index (κ1) is 18.3. The van der Waals surface area contributed by atoms with Crippen molar-refractivity contribution in [3.8, 4) is 0 Å². The highest BCUT2D eigenvalue weighted by Gasteiger charge is 2.19. The van der Waals surface area contributed by atoms with Crippen molar-refractivity contribution in [1.29, 1.82) is 5.41 Å². The van der Waals surface area contributed by atoms with E-state index in [1.54, 1.807) is 12.3 Å². The first-order chi connectivity index (χ1) is 10.8. The normalized spacial score (nSPS) is 9.78. The van der Waals surface area contributed by atoms with Gasteiger partial charge in [0.15, 0.2) is 0 Å². The number of anilines is 1. The van der Waals surface area contributed by atoms with Crippen molar-refractivity contribution in [3.63, 3.8) is 0 Å². The van der Waals surface area contributed by atoms with Crippen molar-refractivity contribution in [1.82, 2.24) is 5.32 Å². The molecular formula is C13H16N4O5S. The Hall–Kier alpha value is -2.75. The number of thiophene rings is 1. The van der Waals surface area contributed by atoms with E-state index in [1.165, 1.54) is 6.07 Å². The molecule has 10 heteroatoms. The number of nitrogens with one attached hydrogen (secondary N) is 3. The smallest absolute Gasteiger partial charge is 0.414 e. The van der Waals surface area contributed by atoms with Crippen LogP contribution in [0.3, 0.4) is 0 Å². The molecule has 0 aliphatic heterocycles. The molecule has 1 heterocycles. The Morgan fingerprint density at radius 1 is 1.30 bits per heavy atom. The van der Waals surface area contributed by atoms with E-state index in [-0.39, 0.29) is 35.7 Å². The Bertz CT molecular complexity index is 640. The van der Waals surface area contributed by atoms with Gasteiger partial charge in [0.2, 0.25) is 5.91 Å². The minimum absolute atomic E-state index is 0.0686. The number of rotatable bonds is 7. The number of nitrogens with two attached hydrogens (primary N) is 1. The summed E-state index contributed by atoms with van der Waals surface area (Å²) >= 11 is 1.06. The van der Waals surface area contributed by atoms with Crippen LogP contribution in [-0.4, -0.2) is 36.1 Å². The van der Waals surface area contributed by atoms with Gasteiger partial charge in [0.05, 0.1) is 17.9 Å². The zero-order valence-electron chi connectivity index (χ0n) is 12.3. The third kappa shape index (κ3) is 5.87. The first-order valence-electron chi connectivity index (χ1n) is 6.57. The molecule has 0 fully saturated rings. The molecular weight excluding hydrogens is 324 g/mol. The number of carbonyl (C=O) groups is 4. The van der Waals surface area contributed by atoms with Crippen LogP contribution >= 0.6 is 11.3 Å². The van der Waals surface area contributed by atoms with Crippen LogP contribution in [0.25, 0.3) is 0 Å². The van der Waals surface area contributed by atoms with E-state index >= 15 is 0 Å². The second-order valence-electron chi connectivity index (χ2n) is 4.24. The largest absolute Gasteiger partial charge is 0.450 e. The van der Waals surface area contributed by atoms with Crippen LogP contribution in [0.1, 0.15) is 30.1 Å². The minimum atomic E-state index is -0.893. The van der Waals surface area contributed by atoms with Crippen LogP contribution in [0.4, 0.5) is 9.80 Å². The molecule has 124 valence electrons. The second-order valence-corrected chi connectivity index (χ2v) is 5.15. The monoisotopic (exact) mass is 340 g/mol. The Kier molecular flexibility index (Phi) is 6.87. The van der Waals surface area contributed by atoms with Crippen LogP contribution in [0.2, 0.25) is 0 Å². The zero-order valence-corrected chi connectivity index (χ0v) is 13.1. The molecule has 0 spiro atoms. The first-order valence-corrected chi connectivity index (χ1v) is 7.45. The third-order valence-corrected chi connectivity index (χ3v) is 3.35. The van der Waals surface area contributed by atoms with Gasteiger partial charge in [-0.15, -0.1) is 11.3 Å². The molecule has 0 radical (unpaired) electrons. The number of hydrogen-bond donors (Lipinski definition) is 4. The highest BCUT2D eigenvalue weighted by atomic mass is 32.1. The van der Waals surface area contributed by atoms with E-state index in [0.717, 1.165) is 11.3 Å². The average molecular weight is 340 g/mol. The van der Waals surface area contributed by atoms with Crippen LogP contribution in [-0.2, 0) is 14.3 Å². The maximum atomic E-state index is 11.9. The van der Waals surface area contributed by atoms with E-state index in [4.69, 9.17) is 11.1 Å². The summed E-state index contributed by atoms with van der Waals surface area (Å²) in [5.74, 6) is -2.10. The van der Waals surface area contributed by atoms with Gasteiger partial charge in [-0.05, 0) is 18.4 Å². The van der Waals surface area contributed by atoms with Crippen molar-refractivity contribution in [2.24, 2.45) is 5.73 Å². The maximum absolute atomic E-state index is 11.9. The SMILES string of the molecule is CCOC(=O)NC(=O)c1ccsc1NC(=O)C(=N)CCC(N)=O. The fraction of sp³-hybridized carbons (Fsp3) is 0.308. The van der Waals surface area contributed by atoms with Gasteiger partial charge in [-0.2, -0.15) is 0 Å². The predicted octanol–water partition coefficient (Wildman–Crippen LogP) is 0.858. The molecule has 0 aromatic carbocycles. The molecule has 0 saturated heterocycles. The standard InChI is InChI=1S/C13H16N4O5S/c1-2-22-13(21)17-10(19)7-5-6-23-12(7)16-11(20)8(14)3-4-9(15)18/h5-6,14H,2-4H2,1H3,(H2,15,18)(H,16,20)(H,17,19,21). The average Bonchev–Trinajstić information content (AvgIpc) is 2.92. The molecule has 23 heavy (non-hydrogen) atoms. The fourth-order valence-electron chi connectivity index (χ4n) is 1.45. The van der Waals surface area contributed by atoms with E-state index in [2.05, 4.69) is 10.1 Å². The van der Waals surface area contributed by atoms with Gasteiger partial charge in [0.1, 0.15) is 5.00 Å². The molecule has 0 saturated carbocycles. The fourth-order valence-corrected chi connectivity index (χ4v) is 2.23. The minimum Gasteiger partial charge on any atom is -0.450 e. The molecule has 9 nitrogen and oxygen atoms in total. The summed E-state index contributed by atoms with van der Waals surface area (Å²) < 4.78 is 4.59. The molecule has 1 aromatic rings. The van der Waals surface area contributed by atoms with Crippen LogP contribution in [0, 0.1) is 5.41 Å². The van der Waals surface area contributed by atoms with Crippen molar-refractivity contribution in [3.05, 3.63) is 17.0 Å². The number of alkyl carbamates (subject to hydrolysis) is 1. The van der Waals surface area contributed by atoms with Gasteiger partial charge in [-0.25, -0.2) is 4.79 Å². The number of amides is 4. The lowest BCUT2D eigenvalue weighted by molar-refractivity contribution is -0.117. The molecule has 0 aliphatic carbocycles. The zero-order chi connectivity index (χ0) is 17.4. The third-order valence-electron chi connectivity index (χ3n) is 2.52. The lowest BCUT2D eigenvalue weighted by atomic mass is 10.2. The molecule has 0 aliphatic rings. The summed E-state index contributed by atoms with van der Waals surface area (Å²) in [4.78, 5) is 45.6. The number of imide groups is 1. The second kappa shape index (κ2) is 8.63. The highest BCUT2D eigenvalue weighted by molar-refractivity contribution is 7.14. The summed E-state index contributed by atoms with van der Waals surface area (Å²) in [7, 11) is 0. The van der Waals surface area contributed by atoms with Crippen molar-refractivity contribution >= 4 is 45.9 Å². The van der Waals surface area contributed by atoms with Crippen LogP contribution in [0.15, 0.2) is 11.4 Å². The van der Waals surface area contributed by atoms with Gasteiger partial charge in [0, 0.05) is 12.8 Å². The van der Waals surface area contributed by atoms with Crippen molar-refractivity contribution in [2.45, 2.75) is 19.8 Å². The summed E-state index contributed by atoms with van der Waals surface area (Å²) in [5, 5.41) is 13.7. The number of primary amides is 1. The molecule has 0 bridgehead atoms. The summed E-state index contributed by atoms with van der Waals surface area (Å²) in [6.07, 6.45) is -1.11. The van der Waals surface area contributed by atoms with Gasteiger partial charge in [-0.3, -0.25) is 25.1 Å². The number of carbonyl (C=O) groups excluding carboxylic acids is 4. The van der Waals surface area contributed by atoms with E-state index in [1.807, 2.05) is 5.32 Å². The lowest BCUT2D eigenvalue weighted by Crippen LogP contribution is -2.31. The topological polar surface area (TPSA) is 151 Å². The van der Waals surface area contributed by atoms with Gasteiger partial charge in [-0.1, -0.05) is 0 Å². The lowest BCUT2D eigenvalue weighted by Gasteiger charge is -2.07. The number of hydrogen-bond acceptors (Lipinski definition) is 7. The molecule has 5 N–H and O–H groups in total. The molecule has 1 rings (SSSR count). The molecule has 0 atom stereocenters. The quantitative estimate of drug-likeness (QED) is 0.542.